The first kappa shape index (κ1) is 15.3. The minimum Gasteiger partial charge on any atom is -0.493 e. The van der Waals surface area contributed by atoms with Crippen molar-refractivity contribution in [1.82, 2.24) is 0 Å². The van der Waals surface area contributed by atoms with Gasteiger partial charge < -0.3 is 9.47 Å². The smallest absolute Gasteiger partial charge is 0.182 e. The minimum atomic E-state index is 0.643. The molecule has 21 heavy (non-hydrogen) atoms. The molecule has 0 radical (unpaired) electrons. The lowest BCUT2D eigenvalue weighted by Gasteiger charge is -2.10. The Morgan fingerprint density at radius 2 is 1.86 bits per heavy atom. The number of halogens is 1. The Balaban J connectivity index is 2.17. The van der Waals surface area contributed by atoms with Crippen molar-refractivity contribution < 1.29 is 9.47 Å². The average molecular weight is 301 g/mol. The molecule has 0 aliphatic rings. The van der Waals surface area contributed by atoms with Crippen LogP contribution >= 0.6 is 11.6 Å². The summed E-state index contributed by atoms with van der Waals surface area (Å²) in [4.78, 5) is 0. The minimum absolute atomic E-state index is 0.643. The Hall–Kier alpha value is -2.11. The maximum absolute atomic E-state index is 5.83. The number of para-hydroxylation sites is 1. The fraction of sp³-hybridized carbons (Fsp3) is 0.222. The monoisotopic (exact) mass is 300 g/mol. The molecule has 0 heterocycles. The van der Waals surface area contributed by atoms with Gasteiger partial charge in [-0.3, -0.25) is 0 Å². The third kappa shape index (κ3) is 4.18. The van der Waals surface area contributed by atoms with Gasteiger partial charge >= 0.3 is 0 Å². The standard InChI is InChI=1S/C18H17ClO2/c1-3-5-15-6-4-7-17(18(15)20-2)21-13-12-14-8-10-16(19)11-9-14/h4,6-11H,3,5H2,1-2H3. The lowest BCUT2D eigenvalue weighted by Crippen LogP contribution is -1.95. The fourth-order valence-electron chi connectivity index (χ4n) is 2.01. The molecule has 0 saturated heterocycles. The van der Waals surface area contributed by atoms with E-state index in [1.54, 1.807) is 19.2 Å². The van der Waals surface area contributed by atoms with E-state index in [0.29, 0.717) is 10.8 Å². The van der Waals surface area contributed by atoms with Crippen molar-refractivity contribution in [1.29, 1.82) is 0 Å². The van der Waals surface area contributed by atoms with E-state index in [2.05, 4.69) is 19.0 Å². The lowest BCUT2D eigenvalue weighted by molar-refractivity contribution is 0.381. The van der Waals surface area contributed by atoms with Crippen LogP contribution < -0.4 is 9.47 Å². The summed E-state index contributed by atoms with van der Waals surface area (Å²) in [6, 6.07) is 13.2. The second-order valence-corrected chi connectivity index (χ2v) is 4.97. The summed E-state index contributed by atoms with van der Waals surface area (Å²) in [7, 11) is 1.65. The predicted octanol–water partition coefficient (Wildman–Crippen LogP) is 4.69. The molecule has 2 aromatic carbocycles. The first-order chi connectivity index (χ1) is 10.2. The largest absolute Gasteiger partial charge is 0.493 e. The first-order valence-electron chi connectivity index (χ1n) is 6.84. The molecule has 3 heteroatoms. The maximum atomic E-state index is 5.83. The number of ether oxygens (including phenoxy) is 2. The van der Waals surface area contributed by atoms with Crippen molar-refractivity contribution in [3.8, 4) is 23.5 Å². The summed E-state index contributed by atoms with van der Waals surface area (Å²) in [6.45, 7) is 2.13. The zero-order chi connectivity index (χ0) is 15.1. The van der Waals surface area contributed by atoms with E-state index >= 15 is 0 Å². The van der Waals surface area contributed by atoms with Gasteiger partial charge in [-0.15, -0.1) is 0 Å². The molecule has 0 bridgehead atoms. The molecule has 0 amide bonds. The van der Waals surface area contributed by atoms with Crippen LogP contribution in [0.4, 0.5) is 0 Å². The highest BCUT2D eigenvalue weighted by molar-refractivity contribution is 6.30. The summed E-state index contributed by atoms with van der Waals surface area (Å²) >= 11 is 5.83. The molecular formula is C18H17ClO2. The average Bonchev–Trinajstić information content (AvgIpc) is 2.50. The van der Waals surface area contributed by atoms with Gasteiger partial charge in [-0.2, -0.15) is 0 Å². The molecule has 2 nitrogen and oxygen atoms in total. The molecule has 0 saturated carbocycles. The van der Waals surface area contributed by atoms with Gasteiger partial charge in [0.1, 0.15) is 6.11 Å². The Bertz CT molecular complexity index is 651. The van der Waals surface area contributed by atoms with E-state index in [0.717, 1.165) is 29.7 Å². The molecule has 0 atom stereocenters. The number of methoxy groups -OCH3 is 1. The van der Waals surface area contributed by atoms with Crippen LogP contribution in [0, 0.1) is 12.0 Å². The van der Waals surface area contributed by atoms with Gasteiger partial charge in [0.2, 0.25) is 0 Å². The summed E-state index contributed by atoms with van der Waals surface area (Å²) in [5.41, 5.74) is 1.98. The van der Waals surface area contributed by atoms with Crippen molar-refractivity contribution in [2.75, 3.05) is 7.11 Å². The van der Waals surface area contributed by atoms with Gasteiger partial charge in [0.25, 0.3) is 0 Å². The van der Waals surface area contributed by atoms with Crippen molar-refractivity contribution in [2.24, 2.45) is 0 Å². The van der Waals surface area contributed by atoms with Crippen LogP contribution in [0.5, 0.6) is 11.5 Å². The maximum Gasteiger partial charge on any atom is 0.182 e. The summed E-state index contributed by atoms with van der Waals surface area (Å²) < 4.78 is 11.0. The van der Waals surface area contributed by atoms with Crippen LogP contribution in [-0.4, -0.2) is 7.11 Å². The normalized spacial score (nSPS) is 9.67. The molecule has 108 valence electrons. The summed E-state index contributed by atoms with van der Waals surface area (Å²) in [6.07, 6.45) is 4.71. The zero-order valence-electron chi connectivity index (χ0n) is 12.2. The van der Waals surface area contributed by atoms with Crippen molar-refractivity contribution >= 4 is 11.6 Å². The number of rotatable bonds is 4. The van der Waals surface area contributed by atoms with Gasteiger partial charge in [-0.05, 0) is 48.2 Å². The molecule has 2 rings (SSSR count). The molecule has 0 unspecified atom stereocenters. The number of benzene rings is 2. The van der Waals surface area contributed by atoms with E-state index in [1.165, 1.54) is 0 Å². The summed E-state index contributed by atoms with van der Waals surface area (Å²) in [5.74, 6) is 4.33. The highest BCUT2D eigenvalue weighted by atomic mass is 35.5. The predicted molar refractivity (Wildman–Crippen MR) is 85.9 cm³/mol. The van der Waals surface area contributed by atoms with Crippen molar-refractivity contribution in [3.05, 3.63) is 58.6 Å². The topological polar surface area (TPSA) is 18.5 Å². The Labute approximate surface area is 130 Å². The van der Waals surface area contributed by atoms with Crippen molar-refractivity contribution in [3.63, 3.8) is 0 Å². The molecular weight excluding hydrogens is 284 g/mol. The van der Waals surface area contributed by atoms with E-state index in [1.807, 2.05) is 30.3 Å². The Morgan fingerprint density at radius 1 is 1.10 bits per heavy atom. The second kappa shape index (κ2) is 7.61. The molecule has 2 aromatic rings. The Morgan fingerprint density at radius 3 is 2.52 bits per heavy atom. The van der Waals surface area contributed by atoms with Crippen LogP contribution in [0.2, 0.25) is 5.02 Å². The third-order valence-electron chi connectivity index (χ3n) is 2.98. The van der Waals surface area contributed by atoms with Crippen LogP contribution in [0.3, 0.4) is 0 Å². The molecule has 0 aromatic heterocycles. The quantitative estimate of drug-likeness (QED) is 0.763. The lowest BCUT2D eigenvalue weighted by atomic mass is 10.1. The molecule has 0 spiro atoms. The second-order valence-electron chi connectivity index (χ2n) is 4.53. The fourth-order valence-corrected chi connectivity index (χ4v) is 2.14. The number of hydrogen-bond donors (Lipinski definition) is 0. The van der Waals surface area contributed by atoms with E-state index in [4.69, 9.17) is 21.1 Å². The SMILES string of the molecule is CCCc1cccc(OC#Cc2ccc(Cl)cc2)c1OC. The zero-order valence-corrected chi connectivity index (χ0v) is 12.9. The van der Waals surface area contributed by atoms with E-state index in [9.17, 15) is 0 Å². The van der Waals surface area contributed by atoms with Crippen LogP contribution in [0.15, 0.2) is 42.5 Å². The number of hydrogen-bond acceptors (Lipinski definition) is 2. The van der Waals surface area contributed by atoms with Gasteiger partial charge in [0.05, 0.1) is 7.11 Å². The molecule has 0 aliphatic heterocycles. The highest BCUT2D eigenvalue weighted by Crippen LogP contribution is 2.31. The van der Waals surface area contributed by atoms with Crippen molar-refractivity contribution in [2.45, 2.75) is 19.8 Å². The summed E-state index contributed by atoms with van der Waals surface area (Å²) in [5, 5.41) is 0.690. The molecule has 0 N–H and O–H groups in total. The van der Waals surface area contributed by atoms with Gasteiger partial charge in [-0.25, -0.2) is 0 Å². The van der Waals surface area contributed by atoms with Crippen LogP contribution in [0.25, 0.3) is 0 Å². The van der Waals surface area contributed by atoms with Gasteiger partial charge in [0.15, 0.2) is 11.5 Å². The van der Waals surface area contributed by atoms with Crippen LogP contribution in [-0.2, 0) is 6.42 Å². The van der Waals surface area contributed by atoms with Crippen LogP contribution in [0.1, 0.15) is 24.5 Å². The third-order valence-corrected chi connectivity index (χ3v) is 3.24. The van der Waals surface area contributed by atoms with E-state index in [-0.39, 0.29) is 0 Å². The first-order valence-corrected chi connectivity index (χ1v) is 7.21. The van der Waals surface area contributed by atoms with Gasteiger partial charge in [0, 0.05) is 10.6 Å². The van der Waals surface area contributed by atoms with E-state index < -0.39 is 0 Å². The number of aryl methyl sites for hydroxylation is 1. The molecule has 0 aliphatic carbocycles. The molecule has 0 fully saturated rings. The Kier molecular flexibility index (Phi) is 5.54. The van der Waals surface area contributed by atoms with Gasteiger partial charge in [-0.1, -0.05) is 37.1 Å². The highest BCUT2D eigenvalue weighted by Gasteiger charge is 2.08.